The first-order chi connectivity index (χ1) is 15.2. The molecule has 2 amide bonds. The van der Waals surface area contributed by atoms with Crippen molar-refractivity contribution in [1.82, 2.24) is 0 Å². The summed E-state index contributed by atoms with van der Waals surface area (Å²) >= 11 is 5.04. The highest BCUT2D eigenvalue weighted by Gasteiger charge is 2.33. The molecule has 0 aliphatic carbocycles. The molecule has 0 saturated carbocycles. The number of carbonyl (C=O) groups is 4. The number of benzene rings is 2. The monoisotopic (exact) mass is 806 g/mol. The summed E-state index contributed by atoms with van der Waals surface area (Å²) in [7, 11) is 0. The van der Waals surface area contributed by atoms with Crippen LogP contribution in [0, 0.1) is 34.0 Å². The van der Waals surface area contributed by atoms with Crippen molar-refractivity contribution in [2.45, 2.75) is 13.8 Å². The van der Waals surface area contributed by atoms with E-state index < -0.39 is 63.9 Å². The molecule has 0 fully saturated rings. The van der Waals surface area contributed by atoms with Gasteiger partial charge in [0.2, 0.25) is 29.2 Å². The second-order valence-corrected chi connectivity index (χ2v) is 9.32. The Balaban J connectivity index is 2.74. The lowest BCUT2D eigenvalue weighted by atomic mass is 10.1. The molecule has 0 atom stereocenters. The van der Waals surface area contributed by atoms with Gasteiger partial charge in [0, 0.05) is 13.8 Å². The number of nitrogens with one attached hydrogen (secondary N) is 2. The molecule has 15 heteroatoms. The summed E-state index contributed by atoms with van der Waals surface area (Å²) in [5.41, 5.74) is -2.19. The van der Waals surface area contributed by atoms with Crippen molar-refractivity contribution in [2.75, 3.05) is 10.6 Å². The third-order valence-electron chi connectivity index (χ3n) is 3.75. The van der Waals surface area contributed by atoms with Crippen LogP contribution in [-0.2, 0) is 9.59 Å². The fourth-order valence-electron chi connectivity index (χ4n) is 2.45. The van der Waals surface area contributed by atoms with Gasteiger partial charge in [0.25, 0.3) is 0 Å². The number of amides is 2. The average Bonchev–Trinajstić information content (AvgIpc) is 2.70. The number of carboxylic acids is 1. The zero-order valence-corrected chi connectivity index (χ0v) is 22.6. The van der Waals surface area contributed by atoms with Crippen LogP contribution in [0.25, 0.3) is 0 Å². The molecule has 0 aliphatic heterocycles. The summed E-state index contributed by atoms with van der Waals surface area (Å²) in [6, 6.07) is 0. The van der Waals surface area contributed by atoms with Crippen LogP contribution >= 0.6 is 67.8 Å². The number of carboxylic acid groups (broad SMARTS) is 1. The molecule has 0 saturated heterocycles. The Labute approximate surface area is 223 Å². The summed E-state index contributed by atoms with van der Waals surface area (Å²) in [6.07, 6.45) is 0. The first-order valence-corrected chi connectivity index (χ1v) is 11.5. The summed E-state index contributed by atoms with van der Waals surface area (Å²) in [5, 5.41) is 13.7. The van der Waals surface area contributed by atoms with E-state index in [2.05, 4.69) is 15.4 Å². The van der Waals surface area contributed by atoms with E-state index in [9.17, 15) is 36.7 Å². The minimum absolute atomic E-state index is 0.0274. The van der Waals surface area contributed by atoms with Crippen LogP contribution in [0.1, 0.15) is 34.6 Å². The normalized spacial score (nSPS) is 10.6. The molecule has 0 unspecified atom stereocenters. The van der Waals surface area contributed by atoms with Crippen LogP contribution in [-0.4, -0.2) is 28.9 Å². The maximum absolute atomic E-state index is 14.3. The van der Waals surface area contributed by atoms with Crippen molar-refractivity contribution in [3.8, 4) is 5.75 Å². The van der Waals surface area contributed by atoms with Crippen LogP contribution in [0.3, 0.4) is 0 Å². The number of aromatic carboxylic acids is 1. The SMILES string of the molecule is CC(=O)Nc1c(I)c(NC(C)=O)c(I)c(C(=O)Oc2c(F)c(F)c(C(=O)O)c(F)c2F)c1I. The number of hydrogen-bond donors (Lipinski definition) is 3. The van der Waals surface area contributed by atoms with Gasteiger partial charge in [0.05, 0.1) is 27.6 Å². The first-order valence-electron chi connectivity index (χ1n) is 8.27. The third kappa shape index (κ3) is 5.49. The van der Waals surface area contributed by atoms with Gasteiger partial charge in [0.1, 0.15) is 5.56 Å². The van der Waals surface area contributed by atoms with Crippen molar-refractivity contribution in [2.24, 2.45) is 0 Å². The van der Waals surface area contributed by atoms with Gasteiger partial charge in [-0.05, 0) is 67.8 Å². The number of halogens is 7. The Morgan fingerprint density at radius 1 is 0.727 bits per heavy atom. The van der Waals surface area contributed by atoms with Gasteiger partial charge in [-0.2, -0.15) is 8.78 Å². The molecule has 0 radical (unpaired) electrons. The molecule has 2 rings (SSSR count). The molecule has 176 valence electrons. The second kappa shape index (κ2) is 10.7. The highest BCUT2D eigenvalue weighted by molar-refractivity contribution is 14.1. The molecule has 3 N–H and O–H groups in total. The van der Waals surface area contributed by atoms with E-state index in [-0.39, 0.29) is 18.5 Å². The highest BCUT2D eigenvalue weighted by Crippen LogP contribution is 2.40. The van der Waals surface area contributed by atoms with Crippen molar-refractivity contribution in [1.29, 1.82) is 0 Å². The number of hydrogen-bond acceptors (Lipinski definition) is 5. The van der Waals surface area contributed by atoms with E-state index in [4.69, 9.17) is 5.11 Å². The lowest BCUT2D eigenvalue weighted by Crippen LogP contribution is -2.21. The molecule has 0 bridgehead atoms. The lowest BCUT2D eigenvalue weighted by molar-refractivity contribution is -0.115. The summed E-state index contributed by atoms with van der Waals surface area (Å²) in [4.78, 5) is 46.9. The molecule has 0 aromatic heterocycles. The Morgan fingerprint density at radius 2 is 1.12 bits per heavy atom. The standard InChI is InChI=1S/C18H9F4I3N2O6/c1-3(28)26-14-11(23)6(12(24)15(13(14)25)27-4(2)29)18(32)33-16-9(21)7(19)5(17(30)31)8(20)10(16)22/h1-2H3,(H,26,28)(H,27,29)(H,30,31). The zero-order chi connectivity index (χ0) is 25.4. The Bertz CT molecular complexity index is 1170. The second-order valence-electron chi connectivity index (χ2n) is 6.08. The average molecular weight is 806 g/mol. The molecule has 0 spiro atoms. The summed E-state index contributed by atoms with van der Waals surface area (Å²) in [6.45, 7) is 2.33. The maximum atomic E-state index is 14.3. The number of anilines is 2. The van der Waals surface area contributed by atoms with E-state index in [1.165, 1.54) is 13.8 Å². The third-order valence-corrected chi connectivity index (χ3v) is 6.99. The molecular formula is C18H9F4I3N2O6. The molecule has 2 aromatic carbocycles. The van der Waals surface area contributed by atoms with Gasteiger partial charge in [-0.3, -0.25) is 9.59 Å². The predicted molar refractivity (Wildman–Crippen MR) is 131 cm³/mol. The summed E-state index contributed by atoms with van der Waals surface area (Å²) in [5.74, 6) is -15.7. The quantitative estimate of drug-likeness (QED) is 0.130. The number of rotatable bonds is 5. The fraction of sp³-hybridized carbons (Fsp3) is 0.111. The van der Waals surface area contributed by atoms with E-state index >= 15 is 0 Å². The molecule has 8 nitrogen and oxygen atoms in total. The number of ether oxygens (including phenoxy) is 1. The lowest BCUT2D eigenvalue weighted by Gasteiger charge is -2.19. The highest BCUT2D eigenvalue weighted by atomic mass is 127. The van der Waals surface area contributed by atoms with Gasteiger partial charge in [-0.1, -0.05) is 0 Å². The molecule has 0 heterocycles. The Morgan fingerprint density at radius 3 is 1.45 bits per heavy atom. The van der Waals surface area contributed by atoms with Crippen molar-refractivity contribution in [3.63, 3.8) is 0 Å². The zero-order valence-electron chi connectivity index (χ0n) is 16.1. The molecular weight excluding hydrogens is 797 g/mol. The van der Waals surface area contributed by atoms with Crippen LogP contribution < -0.4 is 15.4 Å². The fourth-order valence-corrected chi connectivity index (χ4v) is 6.59. The Hall–Kier alpha value is -1.77. The van der Waals surface area contributed by atoms with Crippen molar-refractivity contribution in [3.05, 3.63) is 45.1 Å². The van der Waals surface area contributed by atoms with Crippen LogP contribution in [0.4, 0.5) is 28.9 Å². The van der Waals surface area contributed by atoms with E-state index in [1.54, 1.807) is 67.8 Å². The van der Waals surface area contributed by atoms with Crippen LogP contribution in [0.15, 0.2) is 0 Å². The van der Waals surface area contributed by atoms with E-state index in [1.807, 2.05) is 0 Å². The van der Waals surface area contributed by atoms with Crippen LogP contribution in [0.5, 0.6) is 5.75 Å². The topological polar surface area (TPSA) is 122 Å². The minimum atomic E-state index is -2.28. The van der Waals surface area contributed by atoms with Crippen molar-refractivity contribution < 1.29 is 46.6 Å². The minimum Gasteiger partial charge on any atom is -0.477 e. The Kier molecular flexibility index (Phi) is 8.87. The molecule has 0 aliphatic rings. The van der Waals surface area contributed by atoms with E-state index in [0.29, 0.717) is 3.57 Å². The molecule has 2 aromatic rings. The first kappa shape index (κ1) is 27.5. The van der Waals surface area contributed by atoms with Gasteiger partial charge in [0.15, 0.2) is 11.6 Å². The number of esters is 1. The predicted octanol–water partition coefficient (Wildman–Crippen LogP) is 4.89. The number of carbonyl (C=O) groups excluding carboxylic acids is 3. The van der Waals surface area contributed by atoms with E-state index in [0.717, 1.165) is 0 Å². The van der Waals surface area contributed by atoms with Crippen molar-refractivity contribution >= 4 is 103 Å². The van der Waals surface area contributed by atoms with Gasteiger partial charge < -0.3 is 20.5 Å². The van der Waals surface area contributed by atoms with Gasteiger partial charge in [-0.25, -0.2) is 18.4 Å². The molecule has 33 heavy (non-hydrogen) atoms. The van der Waals surface area contributed by atoms with Gasteiger partial charge >= 0.3 is 11.9 Å². The smallest absolute Gasteiger partial charge is 0.346 e. The summed E-state index contributed by atoms with van der Waals surface area (Å²) < 4.78 is 61.4. The van der Waals surface area contributed by atoms with Crippen LogP contribution in [0.2, 0.25) is 0 Å². The van der Waals surface area contributed by atoms with Gasteiger partial charge in [-0.15, -0.1) is 0 Å². The maximum Gasteiger partial charge on any atom is 0.346 e. The largest absolute Gasteiger partial charge is 0.477 e.